The number of nitro benzene ring substituents is 1. The topological polar surface area (TPSA) is 105 Å². The first-order valence-corrected chi connectivity index (χ1v) is 9.93. The summed E-state index contributed by atoms with van der Waals surface area (Å²) in [7, 11) is 1.52. The van der Waals surface area contributed by atoms with Crippen molar-refractivity contribution in [2.45, 2.75) is 18.1 Å². The lowest BCUT2D eigenvalue weighted by Crippen LogP contribution is -2.30. The first-order chi connectivity index (χ1) is 13.9. The number of halogens is 1. The van der Waals surface area contributed by atoms with Gasteiger partial charge in [-0.2, -0.15) is 5.26 Å². The molecule has 0 unspecified atom stereocenters. The molecule has 1 aliphatic heterocycles. The zero-order valence-electron chi connectivity index (χ0n) is 15.3. The van der Waals surface area contributed by atoms with Crippen LogP contribution in [0.4, 0.5) is 5.69 Å². The number of hydrogen-bond acceptors (Lipinski definition) is 6. The summed E-state index contributed by atoms with van der Waals surface area (Å²) in [6.45, 7) is 0. The molecule has 9 heteroatoms. The monoisotopic (exact) mass is 429 g/mol. The van der Waals surface area contributed by atoms with E-state index in [1.165, 1.54) is 31.0 Å². The average Bonchev–Trinajstić information content (AvgIpc) is 2.72. The smallest absolute Gasteiger partial charge is 0.269 e. The summed E-state index contributed by atoms with van der Waals surface area (Å²) in [5.41, 5.74) is 2.07. The zero-order chi connectivity index (χ0) is 21.0. The van der Waals surface area contributed by atoms with Gasteiger partial charge >= 0.3 is 0 Å². The molecule has 29 heavy (non-hydrogen) atoms. The molecule has 148 valence electrons. The van der Waals surface area contributed by atoms with Crippen LogP contribution in [0, 0.1) is 21.4 Å². The summed E-state index contributed by atoms with van der Waals surface area (Å²) in [5.74, 6) is 0.379. The Morgan fingerprint density at radius 1 is 1.34 bits per heavy atom. The SMILES string of the molecule is COc1ccc([C@@H]2CC(=O)NC(SCc3ccc([N+](=O)[O-])cc3)=C2C#N)cc1Cl. The predicted octanol–water partition coefficient (Wildman–Crippen LogP) is 4.53. The Labute approximate surface area is 176 Å². The number of nitriles is 1. The van der Waals surface area contributed by atoms with Crippen molar-refractivity contribution in [2.75, 3.05) is 7.11 Å². The predicted molar refractivity (Wildman–Crippen MR) is 111 cm³/mol. The molecule has 0 fully saturated rings. The van der Waals surface area contributed by atoms with Gasteiger partial charge in [-0.15, -0.1) is 11.8 Å². The van der Waals surface area contributed by atoms with E-state index in [0.717, 1.165) is 11.1 Å². The van der Waals surface area contributed by atoms with Gasteiger partial charge in [0.2, 0.25) is 5.91 Å². The average molecular weight is 430 g/mol. The van der Waals surface area contributed by atoms with Crippen LogP contribution in [0.15, 0.2) is 53.1 Å². The van der Waals surface area contributed by atoms with Crippen LogP contribution in [0.25, 0.3) is 0 Å². The highest BCUT2D eigenvalue weighted by Crippen LogP contribution is 2.39. The van der Waals surface area contributed by atoms with E-state index < -0.39 is 10.8 Å². The molecule has 1 atom stereocenters. The molecule has 1 heterocycles. The molecule has 3 rings (SSSR count). The van der Waals surface area contributed by atoms with Gasteiger partial charge in [0, 0.05) is 30.2 Å². The van der Waals surface area contributed by atoms with E-state index in [0.29, 0.717) is 27.1 Å². The molecule has 0 saturated heterocycles. The maximum absolute atomic E-state index is 12.3. The largest absolute Gasteiger partial charge is 0.495 e. The molecule has 2 aromatic carbocycles. The third-order valence-electron chi connectivity index (χ3n) is 4.46. The molecule has 0 saturated carbocycles. The Balaban J connectivity index is 1.85. The van der Waals surface area contributed by atoms with E-state index in [2.05, 4.69) is 11.4 Å². The van der Waals surface area contributed by atoms with Gasteiger partial charge < -0.3 is 10.1 Å². The van der Waals surface area contributed by atoms with Crippen LogP contribution in [0.1, 0.15) is 23.5 Å². The van der Waals surface area contributed by atoms with E-state index in [-0.39, 0.29) is 18.0 Å². The lowest BCUT2D eigenvalue weighted by atomic mass is 9.87. The molecule has 1 aliphatic rings. The van der Waals surface area contributed by atoms with Gasteiger partial charge in [0.15, 0.2) is 0 Å². The van der Waals surface area contributed by atoms with Gasteiger partial charge in [0.1, 0.15) is 5.75 Å². The third-order valence-corrected chi connectivity index (χ3v) is 5.85. The quantitative estimate of drug-likeness (QED) is 0.534. The second-order valence-electron chi connectivity index (χ2n) is 6.27. The summed E-state index contributed by atoms with van der Waals surface area (Å²) >= 11 is 7.52. The number of nitro groups is 1. The number of nitrogens with zero attached hydrogens (tertiary/aromatic N) is 2. The highest BCUT2D eigenvalue weighted by atomic mass is 35.5. The number of amides is 1. The van der Waals surface area contributed by atoms with E-state index in [9.17, 15) is 20.2 Å². The molecule has 0 spiro atoms. The number of hydrogen-bond donors (Lipinski definition) is 1. The van der Waals surface area contributed by atoms with Crippen LogP contribution in [-0.2, 0) is 10.5 Å². The second-order valence-corrected chi connectivity index (χ2v) is 7.66. The van der Waals surface area contributed by atoms with Gasteiger partial charge in [-0.3, -0.25) is 14.9 Å². The minimum Gasteiger partial charge on any atom is -0.495 e. The second kappa shape index (κ2) is 8.99. The minimum atomic E-state index is -0.459. The maximum atomic E-state index is 12.3. The van der Waals surface area contributed by atoms with Crippen LogP contribution in [0.5, 0.6) is 5.75 Å². The summed E-state index contributed by atoms with van der Waals surface area (Å²) in [4.78, 5) is 22.6. The van der Waals surface area contributed by atoms with E-state index >= 15 is 0 Å². The highest BCUT2D eigenvalue weighted by Gasteiger charge is 2.30. The van der Waals surface area contributed by atoms with Crippen molar-refractivity contribution < 1.29 is 14.5 Å². The Kier molecular flexibility index (Phi) is 6.42. The number of thioether (sulfide) groups is 1. The van der Waals surface area contributed by atoms with Crippen LogP contribution in [0.3, 0.4) is 0 Å². The zero-order valence-corrected chi connectivity index (χ0v) is 16.9. The Hall–Kier alpha value is -3.02. The summed E-state index contributed by atoms with van der Waals surface area (Å²) in [6.07, 6.45) is 0.146. The summed E-state index contributed by atoms with van der Waals surface area (Å²) in [6, 6.07) is 13.6. The van der Waals surface area contributed by atoms with Gasteiger partial charge in [0.25, 0.3) is 5.69 Å². The maximum Gasteiger partial charge on any atom is 0.269 e. The number of methoxy groups -OCH3 is 1. The summed E-state index contributed by atoms with van der Waals surface area (Å²) < 4.78 is 5.16. The van der Waals surface area contributed by atoms with Crippen molar-refractivity contribution in [3.8, 4) is 11.8 Å². The molecule has 0 bridgehead atoms. The first kappa shape index (κ1) is 20.7. The number of ether oxygens (including phenoxy) is 1. The van der Waals surface area contributed by atoms with Gasteiger partial charge in [0.05, 0.1) is 33.7 Å². The van der Waals surface area contributed by atoms with Crippen molar-refractivity contribution in [1.82, 2.24) is 5.32 Å². The van der Waals surface area contributed by atoms with Crippen molar-refractivity contribution >= 4 is 35.0 Å². The normalized spacial score (nSPS) is 16.2. The molecule has 0 aliphatic carbocycles. The molecular weight excluding hydrogens is 414 g/mol. The van der Waals surface area contributed by atoms with Gasteiger partial charge in [-0.25, -0.2) is 0 Å². The fourth-order valence-corrected chi connectivity index (χ4v) is 4.29. The van der Waals surface area contributed by atoms with Crippen molar-refractivity contribution in [1.29, 1.82) is 5.26 Å². The number of rotatable bonds is 6. The Bertz CT molecular complexity index is 1030. The first-order valence-electron chi connectivity index (χ1n) is 8.56. The van der Waals surface area contributed by atoms with Crippen LogP contribution >= 0.6 is 23.4 Å². The molecule has 1 N–H and O–H groups in total. The molecule has 7 nitrogen and oxygen atoms in total. The van der Waals surface area contributed by atoms with Crippen LogP contribution in [0.2, 0.25) is 5.02 Å². The number of carbonyl (C=O) groups excluding carboxylic acids is 1. The molecule has 1 amide bonds. The molecular formula is C20H16ClN3O4S. The number of carbonyl (C=O) groups is 1. The summed E-state index contributed by atoms with van der Waals surface area (Å²) in [5, 5.41) is 24.2. The van der Waals surface area contributed by atoms with Crippen LogP contribution in [-0.4, -0.2) is 17.9 Å². The van der Waals surface area contributed by atoms with Crippen molar-refractivity contribution in [2.24, 2.45) is 0 Å². The van der Waals surface area contributed by atoms with Crippen molar-refractivity contribution in [3.05, 3.63) is 79.3 Å². The standard InChI is InChI=1S/C20H16ClN3O4S/c1-28-18-7-4-13(8-17(18)21)15-9-19(25)23-20(16(15)10-22)29-11-12-2-5-14(6-3-12)24(26)27/h2-8,15H,9,11H2,1H3,(H,23,25)/t15-/m0/s1. The van der Waals surface area contributed by atoms with Crippen LogP contribution < -0.4 is 10.1 Å². The van der Waals surface area contributed by atoms with E-state index in [1.54, 1.807) is 30.3 Å². The number of allylic oxidation sites excluding steroid dienone is 1. The fourth-order valence-electron chi connectivity index (χ4n) is 2.99. The number of nitrogens with one attached hydrogen (secondary N) is 1. The number of benzene rings is 2. The lowest BCUT2D eigenvalue weighted by Gasteiger charge is -2.25. The third kappa shape index (κ3) is 4.70. The molecule has 0 aromatic heterocycles. The van der Waals surface area contributed by atoms with Gasteiger partial charge in [-0.05, 0) is 23.3 Å². The Morgan fingerprint density at radius 3 is 2.66 bits per heavy atom. The minimum absolute atomic E-state index is 0.0121. The van der Waals surface area contributed by atoms with E-state index in [4.69, 9.17) is 16.3 Å². The van der Waals surface area contributed by atoms with Crippen molar-refractivity contribution in [3.63, 3.8) is 0 Å². The molecule has 0 radical (unpaired) electrons. The van der Waals surface area contributed by atoms with Gasteiger partial charge in [-0.1, -0.05) is 29.8 Å². The highest BCUT2D eigenvalue weighted by molar-refractivity contribution is 8.02. The Morgan fingerprint density at radius 2 is 2.07 bits per heavy atom. The van der Waals surface area contributed by atoms with E-state index in [1.807, 2.05) is 0 Å². The lowest BCUT2D eigenvalue weighted by molar-refractivity contribution is -0.384. The molecule has 2 aromatic rings. The number of non-ortho nitro benzene ring substituents is 1. The fraction of sp³-hybridized carbons (Fsp3) is 0.200.